The van der Waals surface area contributed by atoms with Crippen molar-refractivity contribution in [3.8, 4) is 0 Å². The first-order chi connectivity index (χ1) is 13.3. The first-order valence-electron chi connectivity index (χ1n) is 9.53. The van der Waals surface area contributed by atoms with Crippen molar-refractivity contribution in [1.82, 2.24) is 14.9 Å². The molecule has 4 rings (SSSR count). The number of benzene rings is 2. The molecule has 0 radical (unpaired) electrons. The Kier molecular flexibility index (Phi) is 5.19. The number of rotatable bonds is 5. The summed E-state index contributed by atoms with van der Waals surface area (Å²) in [6.45, 7) is 5.28. The normalized spacial score (nSPS) is 13.7. The summed E-state index contributed by atoms with van der Waals surface area (Å²) in [5, 5.41) is 3.44. The predicted molar refractivity (Wildman–Crippen MR) is 110 cm³/mol. The summed E-state index contributed by atoms with van der Waals surface area (Å²) in [6.07, 6.45) is 4.94. The predicted octanol–water partition coefficient (Wildman–Crippen LogP) is 3.46. The first-order valence-corrected chi connectivity index (χ1v) is 9.53. The topological polar surface area (TPSA) is 45.5 Å². The second kappa shape index (κ2) is 8.08. The highest BCUT2D eigenvalue weighted by molar-refractivity contribution is 5.97. The van der Waals surface area contributed by atoms with Gasteiger partial charge in [0.05, 0.1) is 0 Å². The molecule has 0 atom stereocenters. The van der Waals surface area contributed by atoms with Gasteiger partial charge < -0.3 is 14.8 Å². The van der Waals surface area contributed by atoms with Gasteiger partial charge >= 0.3 is 0 Å². The van der Waals surface area contributed by atoms with Crippen LogP contribution in [-0.4, -0.2) is 28.6 Å². The Morgan fingerprint density at radius 1 is 1.11 bits per heavy atom. The van der Waals surface area contributed by atoms with E-state index in [1.54, 1.807) is 0 Å². The average molecular weight is 359 g/mol. The Hall–Kier alpha value is -3.08. The van der Waals surface area contributed by atoms with E-state index in [0.29, 0.717) is 6.54 Å². The molecule has 0 aliphatic carbocycles. The molecule has 2 heterocycles. The van der Waals surface area contributed by atoms with E-state index in [-0.39, 0.29) is 0 Å². The maximum atomic E-state index is 4.89. The number of para-hydroxylation sites is 1. The Labute approximate surface area is 160 Å². The molecule has 1 N–H and O–H groups in total. The maximum absolute atomic E-state index is 4.89. The molecule has 138 valence electrons. The van der Waals surface area contributed by atoms with Gasteiger partial charge in [-0.3, -0.25) is 0 Å². The van der Waals surface area contributed by atoms with Crippen molar-refractivity contribution in [3.63, 3.8) is 0 Å². The molecule has 0 unspecified atom stereocenters. The molecular weight excluding hydrogens is 334 g/mol. The second-order valence-corrected chi connectivity index (χ2v) is 6.66. The SMILES string of the molecule is CCNC(=NCc1nccn1Cc1ccccc1)N1CCc2ccccc21. The van der Waals surface area contributed by atoms with Crippen LogP contribution in [0.25, 0.3) is 0 Å². The molecule has 5 heteroatoms. The number of anilines is 1. The molecule has 0 bridgehead atoms. The third kappa shape index (κ3) is 3.87. The summed E-state index contributed by atoms with van der Waals surface area (Å²) in [5.74, 6) is 1.90. The van der Waals surface area contributed by atoms with Gasteiger partial charge in [-0.25, -0.2) is 9.98 Å². The van der Waals surface area contributed by atoms with Crippen molar-refractivity contribution < 1.29 is 0 Å². The Morgan fingerprint density at radius 2 is 1.93 bits per heavy atom. The largest absolute Gasteiger partial charge is 0.356 e. The smallest absolute Gasteiger partial charge is 0.198 e. The summed E-state index contributed by atoms with van der Waals surface area (Å²) >= 11 is 0. The lowest BCUT2D eigenvalue weighted by molar-refractivity contribution is 0.721. The van der Waals surface area contributed by atoms with E-state index >= 15 is 0 Å². The highest BCUT2D eigenvalue weighted by Crippen LogP contribution is 2.27. The van der Waals surface area contributed by atoms with E-state index in [1.165, 1.54) is 16.8 Å². The summed E-state index contributed by atoms with van der Waals surface area (Å²) in [7, 11) is 0. The number of aromatic nitrogens is 2. The minimum Gasteiger partial charge on any atom is -0.356 e. The van der Waals surface area contributed by atoms with Crippen LogP contribution in [-0.2, 0) is 19.5 Å². The zero-order valence-electron chi connectivity index (χ0n) is 15.7. The number of nitrogens with one attached hydrogen (secondary N) is 1. The van der Waals surface area contributed by atoms with Gasteiger partial charge in [0.25, 0.3) is 0 Å². The highest BCUT2D eigenvalue weighted by Gasteiger charge is 2.22. The Bertz CT molecular complexity index is 913. The number of guanidine groups is 1. The van der Waals surface area contributed by atoms with Crippen LogP contribution in [0.5, 0.6) is 0 Å². The van der Waals surface area contributed by atoms with Gasteiger partial charge in [-0.1, -0.05) is 48.5 Å². The van der Waals surface area contributed by atoms with E-state index in [0.717, 1.165) is 37.8 Å². The zero-order valence-corrected chi connectivity index (χ0v) is 15.7. The number of aliphatic imine (C=N–C) groups is 1. The molecule has 1 aliphatic heterocycles. The number of fused-ring (bicyclic) bond motifs is 1. The minimum atomic E-state index is 0.556. The Balaban J connectivity index is 1.53. The van der Waals surface area contributed by atoms with Crippen LogP contribution >= 0.6 is 0 Å². The number of hydrogen-bond donors (Lipinski definition) is 1. The molecule has 0 amide bonds. The zero-order chi connectivity index (χ0) is 18.5. The number of nitrogens with zero attached hydrogens (tertiary/aromatic N) is 4. The summed E-state index contributed by atoms with van der Waals surface area (Å²) in [6, 6.07) is 19.0. The lowest BCUT2D eigenvalue weighted by atomic mass is 10.2. The monoisotopic (exact) mass is 359 g/mol. The molecule has 1 aliphatic rings. The van der Waals surface area contributed by atoms with E-state index in [1.807, 2.05) is 18.5 Å². The van der Waals surface area contributed by atoms with Gasteiger partial charge in [0.15, 0.2) is 5.96 Å². The molecule has 5 nitrogen and oxygen atoms in total. The summed E-state index contributed by atoms with van der Waals surface area (Å²) < 4.78 is 2.17. The fraction of sp³-hybridized carbons (Fsp3) is 0.273. The van der Waals surface area contributed by atoms with Crippen molar-refractivity contribution >= 4 is 11.6 Å². The Morgan fingerprint density at radius 3 is 2.78 bits per heavy atom. The van der Waals surface area contributed by atoms with Gasteiger partial charge in [0.1, 0.15) is 12.4 Å². The van der Waals surface area contributed by atoms with Crippen LogP contribution in [0.1, 0.15) is 23.9 Å². The van der Waals surface area contributed by atoms with Crippen molar-refractivity contribution in [2.24, 2.45) is 4.99 Å². The molecule has 1 aromatic heterocycles. The molecule has 27 heavy (non-hydrogen) atoms. The third-order valence-corrected chi connectivity index (χ3v) is 4.85. The summed E-state index contributed by atoms with van der Waals surface area (Å²) in [4.78, 5) is 11.7. The van der Waals surface area contributed by atoms with Crippen molar-refractivity contribution in [3.05, 3.63) is 83.9 Å². The van der Waals surface area contributed by atoms with Gasteiger partial charge in [0.2, 0.25) is 0 Å². The molecule has 0 saturated heterocycles. The average Bonchev–Trinajstić information content (AvgIpc) is 3.33. The second-order valence-electron chi connectivity index (χ2n) is 6.66. The molecule has 0 saturated carbocycles. The molecule has 2 aromatic carbocycles. The van der Waals surface area contributed by atoms with E-state index in [2.05, 4.69) is 75.2 Å². The van der Waals surface area contributed by atoms with Gasteiger partial charge in [-0.05, 0) is 30.5 Å². The van der Waals surface area contributed by atoms with Crippen LogP contribution in [0, 0.1) is 0 Å². The molecule has 0 spiro atoms. The van der Waals surface area contributed by atoms with Gasteiger partial charge in [0, 0.05) is 37.7 Å². The summed E-state index contributed by atoms with van der Waals surface area (Å²) in [5.41, 5.74) is 3.90. The lowest BCUT2D eigenvalue weighted by Gasteiger charge is -2.22. The minimum absolute atomic E-state index is 0.556. The van der Waals surface area contributed by atoms with E-state index in [4.69, 9.17) is 4.99 Å². The van der Waals surface area contributed by atoms with Gasteiger partial charge in [-0.2, -0.15) is 0 Å². The van der Waals surface area contributed by atoms with Crippen LogP contribution in [0.4, 0.5) is 5.69 Å². The molecule has 0 fully saturated rings. The van der Waals surface area contributed by atoms with Crippen molar-refractivity contribution in [2.45, 2.75) is 26.4 Å². The van der Waals surface area contributed by atoms with E-state index < -0.39 is 0 Å². The molecule has 3 aromatic rings. The standard InChI is InChI=1S/C22H25N5/c1-2-23-22(27-14-12-19-10-6-7-11-20(19)27)25-16-21-24-13-15-26(21)17-18-8-4-3-5-9-18/h3-11,13,15H,2,12,14,16-17H2,1H3,(H,23,25). The lowest BCUT2D eigenvalue weighted by Crippen LogP contribution is -2.40. The third-order valence-electron chi connectivity index (χ3n) is 4.85. The van der Waals surface area contributed by atoms with Crippen LogP contribution in [0.2, 0.25) is 0 Å². The van der Waals surface area contributed by atoms with Crippen LogP contribution in [0.15, 0.2) is 72.0 Å². The van der Waals surface area contributed by atoms with Crippen molar-refractivity contribution in [2.75, 3.05) is 18.0 Å². The first kappa shape index (κ1) is 17.3. The fourth-order valence-corrected chi connectivity index (χ4v) is 3.51. The van der Waals surface area contributed by atoms with Gasteiger partial charge in [-0.15, -0.1) is 0 Å². The fourth-order valence-electron chi connectivity index (χ4n) is 3.51. The number of hydrogen-bond acceptors (Lipinski definition) is 2. The number of imidazole rings is 1. The highest BCUT2D eigenvalue weighted by atomic mass is 15.3. The van der Waals surface area contributed by atoms with Crippen molar-refractivity contribution in [1.29, 1.82) is 0 Å². The van der Waals surface area contributed by atoms with E-state index in [9.17, 15) is 0 Å². The van der Waals surface area contributed by atoms with Crippen LogP contribution < -0.4 is 10.2 Å². The maximum Gasteiger partial charge on any atom is 0.198 e. The molecular formula is C22H25N5. The quantitative estimate of drug-likeness (QED) is 0.560. The van der Waals surface area contributed by atoms with Crippen LogP contribution in [0.3, 0.4) is 0 Å².